The van der Waals surface area contributed by atoms with Crippen molar-refractivity contribution in [2.75, 3.05) is 11.4 Å². The number of thiazole rings is 1. The average Bonchev–Trinajstić information content (AvgIpc) is 2.72. The summed E-state index contributed by atoms with van der Waals surface area (Å²) < 4.78 is 0.927. The molecule has 0 unspecified atom stereocenters. The zero-order valence-corrected chi connectivity index (χ0v) is 11.5. The number of fused-ring (bicyclic) bond motifs is 1. The van der Waals surface area contributed by atoms with E-state index in [0.29, 0.717) is 0 Å². The second-order valence-electron chi connectivity index (χ2n) is 3.80. The zero-order valence-electron chi connectivity index (χ0n) is 9.06. The third kappa shape index (κ3) is 1.89. The van der Waals surface area contributed by atoms with Crippen molar-refractivity contribution in [3.8, 4) is 0 Å². The Hall–Kier alpha value is -1.20. The maximum Gasteiger partial charge on any atom is 0.159 e. The van der Waals surface area contributed by atoms with Crippen LogP contribution in [0.4, 0.5) is 5.69 Å². The fraction of sp³-hybridized carbons (Fsp3) is 0.167. The Morgan fingerprint density at radius 3 is 3.12 bits per heavy atom. The van der Waals surface area contributed by atoms with Crippen molar-refractivity contribution in [2.24, 2.45) is 0 Å². The van der Waals surface area contributed by atoms with Gasteiger partial charge in [-0.25, -0.2) is 4.98 Å². The molecule has 0 amide bonds. The minimum atomic E-state index is 0.910. The van der Waals surface area contributed by atoms with Crippen LogP contribution in [0.1, 0.15) is 10.6 Å². The molecule has 0 spiro atoms. The normalized spacial score (nSPS) is 14.9. The van der Waals surface area contributed by atoms with Gasteiger partial charge in [-0.2, -0.15) is 0 Å². The van der Waals surface area contributed by atoms with Gasteiger partial charge in [0.1, 0.15) is 0 Å². The molecule has 0 bridgehead atoms. The lowest BCUT2D eigenvalue weighted by molar-refractivity contribution is 0.862. The summed E-state index contributed by atoms with van der Waals surface area (Å²) in [6.45, 7) is 5.08. The van der Waals surface area contributed by atoms with Crippen molar-refractivity contribution in [1.29, 1.82) is 0 Å². The van der Waals surface area contributed by atoms with Crippen molar-refractivity contribution >= 4 is 38.7 Å². The van der Waals surface area contributed by atoms with Crippen LogP contribution < -0.4 is 4.90 Å². The zero-order chi connectivity index (χ0) is 11.8. The maximum absolute atomic E-state index is 4.46. The second-order valence-corrected chi connectivity index (χ2v) is 6.08. The van der Waals surface area contributed by atoms with Gasteiger partial charge in [0.15, 0.2) is 3.92 Å². The van der Waals surface area contributed by atoms with Crippen LogP contribution >= 0.6 is 27.3 Å². The number of nitrogens with zero attached hydrogens (tertiary/aromatic N) is 3. The van der Waals surface area contributed by atoms with E-state index in [1.54, 1.807) is 17.5 Å². The third-order valence-corrected chi connectivity index (χ3v) is 4.39. The van der Waals surface area contributed by atoms with E-state index in [9.17, 15) is 0 Å². The molecule has 0 aromatic carbocycles. The molecule has 2 aromatic rings. The van der Waals surface area contributed by atoms with Gasteiger partial charge >= 0.3 is 0 Å². The molecule has 0 saturated carbocycles. The molecule has 86 valence electrons. The molecular formula is C12H10BrN3S. The smallest absolute Gasteiger partial charge is 0.159 e. The largest absolute Gasteiger partial charge is 0.339 e. The first-order chi connectivity index (χ1) is 8.25. The molecule has 0 radical (unpaired) electrons. The standard InChI is InChI=1S/C12H10BrN3S/c1-8-11-10(15-12(13)17-11)4-6-16(8)9-3-2-5-14-7-9/h2-3,5,7H,1,4,6H2. The summed E-state index contributed by atoms with van der Waals surface area (Å²) in [5.41, 5.74) is 3.25. The molecule has 0 fully saturated rings. The lowest BCUT2D eigenvalue weighted by Gasteiger charge is -2.29. The highest BCUT2D eigenvalue weighted by atomic mass is 79.9. The first-order valence-electron chi connectivity index (χ1n) is 5.28. The van der Waals surface area contributed by atoms with Gasteiger partial charge in [0.25, 0.3) is 0 Å². The first kappa shape index (κ1) is 10.9. The van der Waals surface area contributed by atoms with Gasteiger partial charge in [0, 0.05) is 19.2 Å². The number of rotatable bonds is 1. The van der Waals surface area contributed by atoms with E-state index in [0.717, 1.165) is 34.0 Å². The van der Waals surface area contributed by atoms with Crippen molar-refractivity contribution in [3.05, 3.63) is 45.6 Å². The summed E-state index contributed by atoms with van der Waals surface area (Å²) in [6, 6.07) is 4.00. The Labute approximate surface area is 112 Å². The van der Waals surface area contributed by atoms with Gasteiger partial charge in [-0.1, -0.05) is 6.58 Å². The predicted molar refractivity (Wildman–Crippen MR) is 74.1 cm³/mol. The SMILES string of the molecule is C=C1c2sc(Br)nc2CCN1c1cccnc1. The number of aromatic nitrogens is 2. The van der Waals surface area contributed by atoms with Crippen molar-refractivity contribution in [1.82, 2.24) is 9.97 Å². The van der Waals surface area contributed by atoms with E-state index in [1.165, 1.54) is 4.88 Å². The molecule has 5 heteroatoms. The van der Waals surface area contributed by atoms with Gasteiger partial charge in [-0.05, 0) is 28.1 Å². The van der Waals surface area contributed by atoms with E-state index in [2.05, 4.69) is 43.4 Å². The number of pyridine rings is 1. The highest BCUT2D eigenvalue weighted by Gasteiger charge is 2.24. The van der Waals surface area contributed by atoms with Crippen molar-refractivity contribution in [2.45, 2.75) is 6.42 Å². The molecule has 0 N–H and O–H groups in total. The molecule has 0 atom stereocenters. The van der Waals surface area contributed by atoms with Gasteiger partial charge in [0.05, 0.1) is 28.2 Å². The molecule has 3 rings (SSSR count). The molecule has 0 aliphatic carbocycles. The van der Waals surface area contributed by atoms with E-state index < -0.39 is 0 Å². The summed E-state index contributed by atoms with van der Waals surface area (Å²) in [5.74, 6) is 0. The Kier molecular flexibility index (Phi) is 2.72. The molecule has 2 aromatic heterocycles. The molecule has 17 heavy (non-hydrogen) atoms. The number of anilines is 1. The summed E-state index contributed by atoms with van der Waals surface area (Å²) in [7, 11) is 0. The monoisotopic (exact) mass is 307 g/mol. The fourth-order valence-electron chi connectivity index (χ4n) is 1.99. The number of hydrogen-bond donors (Lipinski definition) is 0. The van der Waals surface area contributed by atoms with E-state index >= 15 is 0 Å². The quantitative estimate of drug-likeness (QED) is 0.809. The molecule has 3 nitrogen and oxygen atoms in total. The van der Waals surface area contributed by atoms with E-state index in [4.69, 9.17) is 0 Å². The predicted octanol–water partition coefficient (Wildman–Crippen LogP) is 3.33. The van der Waals surface area contributed by atoms with Crippen LogP contribution in [0.25, 0.3) is 5.70 Å². The van der Waals surface area contributed by atoms with Crippen LogP contribution in [0.5, 0.6) is 0 Å². The van der Waals surface area contributed by atoms with Crippen LogP contribution in [-0.4, -0.2) is 16.5 Å². The first-order valence-corrected chi connectivity index (χ1v) is 6.88. The lowest BCUT2D eigenvalue weighted by atomic mass is 10.1. The molecule has 1 aliphatic rings. The summed E-state index contributed by atoms with van der Waals surface area (Å²) in [6.07, 6.45) is 4.60. The Morgan fingerprint density at radius 2 is 2.35 bits per heavy atom. The van der Waals surface area contributed by atoms with Crippen molar-refractivity contribution < 1.29 is 0 Å². The average molecular weight is 308 g/mol. The van der Waals surface area contributed by atoms with Gasteiger partial charge < -0.3 is 4.90 Å². The topological polar surface area (TPSA) is 29.0 Å². The van der Waals surface area contributed by atoms with E-state index in [-0.39, 0.29) is 0 Å². The lowest BCUT2D eigenvalue weighted by Crippen LogP contribution is -2.28. The summed E-state index contributed by atoms with van der Waals surface area (Å²) in [5, 5.41) is 0. The number of halogens is 1. The molecule has 3 heterocycles. The van der Waals surface area contributed by atoms with Gasteiger partial charge in [-0.3, -0.25) is 4.98 Å². The van der Waals surface area contributed by atoms with Crippen LogP contribution in [0.15, 0.2) is 35.0 Å². The second kappa shape index (κ2) is 4.23. The van der Waals surface area contributed by atoms with Gasteiger partial charge in [-0.15, -0.1) is 11.3 Å². The third-order valence-electron chi connectivity index (χ3n) is 2.79. The van der Waals surface area contributed by atoms with Crippen molar-refractivity contribution in [3.63, 3.8) is 0 Å². The minimum Gasteiger partial charge on any atom is -0.339 e. The van der Waals surface area contributed by atoms with Crippen LogP contribution in [-0.2, 0) is 6.42 Å². The summed E-state index contributed by atoms with van der Waals surface area (Å²) in [4.78, 5) is 12.0. The maximum atomic E-state index is 4.46. The summed E-state index contributed by atoms with van der Waals surface area (Å²) >= 11 is 5.07. The molecule has 1 aliphatic heterocycles. The molecular weight excluding hydrogens is 298 g/mol. The van der Waals surface area contributed by atoms with Gasteiger partial charge in [0.2, 0.25) is 0 Å². The minimum absolute atomic E-state index is 0.910. The van der Waals surface area contributed by atoms with Crippen LogP contribution in [0.2, 0.25) is 0 Å². The van der Waals surface area contributed by atoms with Crippen LogP contribution in [0, 0.1) is 0 Å². The number of hydrogen-bond acceptors (Lipinski definition) is 4. The highest BCUT2D eigenvalue weighted by molar-refractivity contribution is 9.11. The highest BCUT2D eigenvalue weighted by Crippen LogP contribution is 2.36. The Balaban J connectivity index is 2.00. The fourth-order valence-corrected chi connectivity index (χ4v) is 3.51. The molecule has 0 saturated heterocycles. The van der Waals surface area contributed by atoms with Crippen LogP contribution in [0.3, 0.4) is 0 Å². The Bertz CT molecular complexity index is 564. The van der Waals surface area contributed by atoms with E-state index in [1.807, 2.05) is 12.3 Å². The Morgan fingerprint density at radius 1 is 1.47 bits per heavy atom.